The number of benzene rings is 2. The van der Waals surface area contributed by atoms with Gasteiger partial charge in [0.25, 0.3) is 5.91 Å². The van der Waals surface area contributed by atoms with Gasteiger partial charge in [0.15, 0.2) is 0 Å². The number of aryl methyl sites for hydroxylation is 1. The van der Waals surface area contributed by atoms with Crippen molar-refractivity contribution >= 4 is 23.2 Å². The smallest absolute Gasteiger partial charge is 0.260 e. The third-order valence-electron chi connectivity index (χ3n) is 6.12. The van der Waals surface area contributed by atoms with Gasteiger partial charge in [0, 0.05) is 45.3 Å². The van der Waals surface area contributed by atoms with Crippen LogP contribution in [0.5, 0.6) is 5.75 Å². The summed E-state index contributed by atoms with van der Waals surface area (Å²) in [6.07, 6.45) is 3.23. The Balaban J connectivity index is 1.49. The molecule has 2 aromatic carbocycles. The van der Waals surface area contributed by atoms with Crippen molar-refractivity contribution in [1.29, 1.82) is 0 Å². The molecule has 0 atom stereocenters. The number of unbranched alkanes of at least 4 members (excludes halogenated alkanes) is 2. The number of nitrogen functional groups attached to an aromatic ring is 1. The fraction of sp³-hybridized carbons (Fsp3) is 0.462. The molecule has 3 rings (SSSR count). The summed E-state index contributed by atoms with van der Waals surface area (Å²) in [5, 5.41) is 0. The Kier molecular flexibility index (Phi) is 8.72. The van der Waals surface area contributed by atoms with Crippen LogP contribution in [-0.4, -0.2) is 68.5 Å². The Morgan fingerprint density at radius 3 is 2.48 bits per heavy atom. The van der Waals surface area contributed by atoms with Crippen molar-refractivity contribution in [2.45, 2.75) is 32.6 Å². The molecule has 7 nitrogen and oxygen atoms in total. The van der Waals surface area contributed by atoms with E-state index in [1.54, 1.807) is 30.1 Å². The first-order chi connectivity index (χ1) is 15.9. The molecule has 2 N–H and O–H groups in total. The topological polar surface area (TPSA) is 79.1 Å². The van der Waals surface area contributed by atoms with Gasteiger partial charge in [-0.15, -0.1) is 0 Å². The normalized spacial score (nSPS) is 14.2. The van der Waals surface area contributed by atoms with Crippen LogP contribution in [0.4, 0.5) is 11.4 Å². The van der Waals surface area contributed by atoms with Crippen LogP contribution < -0.4 is 15.4 Å². The number of piperazine rings is 1. The van der Waals surface area contributed by atoms with E-state index in [4.69, 9.17) is 10.5 Å². The second-order valence-corrected chi connectivity index (χ2v) is 8.77. The number of ether oxygens (including phenoxy) is 1. The Labute approximate surface area is 197 Å². The molecule has 0 saturated carbocycles. The maximum absolute atomic E-state index is 13.0. The van der Waals surface area contributed by atoms with Gasteiger partial charge in [0.2, 0.25) is 5.91 Å². The van der Waals surface area contributed by atoms with Crippen molar-refractivity contribution < 1.29 is 14.3 Å². The molecule has 178 valence electrons. The highest BCUT2D eigenvalue weighted by molar-refractivity contribution is 6.09. The number of amides is 2. The predicted octanol–water partition coefficient (Wildman–Crippen LogP) is 3.57. The third-order valence-corrected chi connectivity index (χ3v) is 6.12. The molecule has 33 heavy (non-hydrogen) atoms. The molecule has 2 aromatic rings. The average Bonchev–Trinajstić information content (AvgIpc) is 2.81. The lowest BCUT2D eigenvalue weighted by atomic mass is 10.1. The van der Waals surface area contributed by atoms with Crippen molar-refractivity contribution in [3.8, 4) is 5.75 Å². The molecule has 1 aliphatic rings. The van der Waals surface area contributed by atoms with Gasteiger partial charge < -0.3 is 25.2 Å². The third kappa shape index (κ3) is 6.71. The van der Waals surface area contributed by atoms with Crippen molar-refractivity contribution in [2.24, 2.45) is 0 Å². The first-order valence-electron chi connectivity index (χ1n) is 11.7. The monoisotopic (exact) mass is 452 g/mol. The van der Waals surface area contributed by atoms with Gasteiger partial charge in [-0.2, -0.15) is 0 Å². The number of carbonyl (C=O) groups is 2. The lowest BCUT2D eigenvalue weighted by Gasteiger charge is -2.32. The van der Waals surface area contributed by atoms with Crippen molar-refractivity contribution in [3.05, 3.63) is 53.6 Å². The highest BCUT2D eigenvalue weighted by Gasteiger charge is 2.20. The standard InChI is InChI=1S/C26H36N4O3/c1-20-12-13-23(29(3)26(32)21-9-6-7-10-22(21)27)24(19-20)33-18-8-4-5-11-25(31)30-16-14-28(2)15-17-30/h6-7,9-10,12-13,19H,4-5,8,11,14-18,27H2,1-3H3. The number of likely N-dealkylation sites (N-methyl/N-ethyl adjacent to an activating group) is 1. The summed E-state index contributed by atoms with van der Waals surface area (Å²) in [6.45, 7) is 6.09. The molecule has 0 aliphatic carbocycles. The Morgan fingerprint density at radius 1 is 1.03 bits per heavy atom. The van der Waals surface area contributed by atoms with Gasteiger partial charge in [-0.25, -0.2) is 0 Å². The number of nitrogens with two attached hydrogens (primary N) is 1. The molecule has 1 saturated heterocycles. The summed E-state index contributed by atoms with van der Waals surface area (Å²) in [7, 11) is 3.82. The van der Waals surface area contributed by atoms with Crippen LogP contribution in [0.25, 0.3) is 0 Å². The number of rotatable bonds is 9. The summed E-state index contributed by atoms with van der Waals surface area (Å²) in [6, 6.07) is 12.9. The van der Waals surface area contributed by atoms with E-state index in [1.807, 2.05) is 36.1 Å². The SMILES string of the molecule is Cc1ccc(N(C)C(=O)c2ccccc2N)c(OCCCCCC(=O)N2CCN(C)CC2)c1. The zero-order valence-electron chi connectivity index (χ0n) is 20.0. The van der Waals surface area contributed by atoms with Crippen LogP contribution in [0.15, 0.2) is 42.5 Å². The molecule has 0 bridgehead atoms. The molecular formula is C26H36N4O3. The van der Waals surface area contributed by atoms with Gasteiger partial charge in [-0.1, -0.05) is 18.2 Å². The zero-order chi connectivity index (χ0) is 23.8. The summed E-state index contributed by atoms with van der Waals surface area (Å²) < 4.78 is 6.06. The van der Waals surface area contributed by atoms with E-state index in [0.29, 0.717) is 35.7 Å². The van der Waals surface area contributed by atoms with Crippen LogP contribution in [-0.2, 0) is 4.79 Å². The molecule has 0 aromatic heterocycles. The Bertz CT molecular complexity index is 954. The highest BCUT2D eigenvalue weighted by Crippen LogP contribution is 2.30. The molecular weight excluding hydrogens is 416 g/mol. The number of hydrogen-bond donors (Lipinski definition) is 1. The summed E-state index contributed by atoms with van der Waals surface area (Å²) in [5.74, 6) is 0.753. The molecule has 0 radical (unpaired) electrons. The molecule has 1 heterocycles. The van der Waals surface area contributed by atoms with Gasteiger partial charge in [0.05, 0.1) is 17.9 Å². The lowest BCUT2D eigenvalue weighted by Crippen LogP contribution is -2.47. The second kappa shape index (κ2) is 11.7. The minimum atomic E-state index is -0.177. The molecule has 1 fully saturated rings. The summed E-state index contributed by atoms with van der Waals surface area (Å²) in [4.78, 5) is 31.1. The average molecular weight is 453 g/mol. The molecule has 0 unspecified atom stereocenters. The summed E-state index contributed by atoms with van der Waals surface area (Å²) in [5.41, 5.74) is 8.69. The number of carbonyl (C=O) groups excluding carboxylic acids is 2. The van der Waals surface area contributed by atoms with Gasteiger partial charge in [-0.3, -0.25) is 9.59 Å². The van der Waals surface area contributed by atoms with E-state index in [2.05, 4.69) is 11.9 Å². The highest BCUT2D eigenvalue weighted by atomic mass is 16.5. The first kappa shape index (κ1) is 24.6. The maximum Gasteiger partial charge on any atom is 0.260 e. The van der Waals surface area contributed by atoms with Crippen LogP contribution in [0.1, 0.15) is 41.6 Å². The van der Waals surface area contributed by atoms with E-state index in [-0.39, 0.29) is 11.8 Å². The fourth-order valence-electron chi connectivity index (χ4n) is 3.95. The maximum atomic E-state index is 13.0. The molecule has 0 spiro atoms. The predicted molar refractivity (Wildman–Crippen MR) is 133 cm³/mol. The Morgan fingerprint density at radius 2 is 1.76 bits per heavy atom. The van der Waals surface area contributed by atoms with Crippen LogP contribution in [0.3, 0.4) is 0 Å². The number of nitrogens with zero attached hydrogens (tertiary/aromatic N) is 3. The zero-order valence-corrected chi connectivity index (χ0v) is 20.0. The first-order valence-corrected chi connectivity index (χ1v) is 11.7. The van der Waals surface area contributed by atoms with E-state index >= 15 is 0 Å². The van der Waals surface area contributed by atoms with Gasteiger partial charge in [-0.05, 0) is 63.1 Å². The Hall–Kier alpha value is -3.06. The fourth-order valence-corrected chi connectivity index (χ4v) is 3.95. The summed E-state index contributed by atoms with van der Waals surface area (Å²) >= 11 is 0. The lowest BCUT2D eigenvalue weighted by molar-refractivity contribution is -0.132. The van der Waals surface area contributed by atoms with Crippen molar-refractivity contribution in [2.75, 3.05) is 57.5 Å². The van der Waals surface area contributed by atoms with E-state index in [1.165, 1.54) is 0 Å². The quantitative estimate of drug-likeness (QED) is 0.465. The number of anilines is 2. The van der Waals surface area contributed by atoms with Crippen molar-refractivity contribution in [3.63, 3.8) is 0 Å². The minimum Gasteiger partial charge on any atom is -0.491 e. The van der Waals surface area contributed by atoms with Crippen LogP contribution >= 0.6 is 0 Å². The van der Waals surface area contributed by atoms with Crippen molar-refractivity contribution in [1.82, 2.24) is 9.80 Å². The molecule has 7 heteroatoms. The minimum absolute atomic E-state index is 0.177. The molecule has 1 aliphatic heterocycles. The number of para-hydroxylation sites is 1. The number of hydrogen-bond acceptors (Lipinski definition) is 5. The van der Waals surface area contributed by atoms with Crippen LogP contribution in [0.2, 0.25) is 0 Å². The van der Waals surface area contributed by atoms with E-state index < -0.39 is 0 Å². The van der Waals surface area contributed by atoms with Gasteiger partial charge >= 0.3 is 0 Å². The van der Waals surface area contributed by atoms with Crippen LogP contribution in [0, 0.1) is 6.92 Å². The van der Waals surface area contributed by atoms with E-state index in [0.717, 1.165) is 51.0 Å². The second-order valence-electron chi connectivity index (χ2n) is 8.77. The van der Waals surface area contributed by atoms with E-state index in [9.17, 15) is 9.59 Å². The molecule has 2 amide bonds. The van der Waals surface area contributed by atoms with Gasteiger partial charge in [0.1, 0.15) is 5.75 Å². The largest absolute Gasteiger partial charge is 0.491 e.